The molecule has 166 valence electrons. The molecule has 0 N–H and O–H groups in total. The lowest BCUT2D eigenvalue weighted by atomic mass is 9.96. The van der Waals surface area contributed by atoms with Gasteiger partial charge in [-0.05, 0) is 31.7 Å². The number of carbonyl (C=O) groups excluding carboxylic acids is 2. The van der Waals surface area contributed by atoms with Crippen molar-refractivity contribution < 1.29 is 27.7 Å². The Balaban J connectivity index is 2.37. The molecule has 0 unspecified atom stereocenters. The van der Waals surface area contributed by atoms with E-state index in [1.54, 1.807) is 18.7 Å². The quantitative estimate of drug-likeness (QED) is 0.359. The fraction of sp³-hybridized carbons (Fsp3) is 0.579. The van der Waals surface area contributed by atoms with Gasteiger partial charge in [-0.1, -0.05) is 13.0 Å². The Kier molecular flexibility index (Phi) is 7.40. The number of benzene rings is 1. The highest BCUT2D eigenvalue weighted by molar-refractivity contribution is 7.92. The van der Waals surface area contributed by atoms with Crippen molar-refractivity contribution in [2.45, 2.75) is 39.2 Å². The molecule has 1 aliphatic heterocycles. The molecule has 1 aromatic carbocycles. The summed E-state index contributed by atoms with van der Waals surface area (Å²) in [6, 6.07) is 2.88. The number of hydrogen-bond donors (Lipinski definition) is 0. The third-order valence-corrected chi connectivity index (χ3v) is 6.46. The number of amides is 1. The number of aryl methyl sites for hydroxylation is 1. The zero-order chi connectivity index (χ0) is 22.6. The van der Waals surface area contributed by atoms with Gasteiger partial charge < -0.3 is 9.64 Å². The van der Waals surface area contributed by atoms with Gasteiger partial charge in [0.25, 0.3) is 5.69 Å². The van der Waals surface area contributed by atoms with E-state index in [0.717, 1.165) is 10.6 Å². The van der Waals surface area contributed by atoms with Crippen LogP contribution in [0, 0.1) is 23.0 Å². The van der Waals surface area contributed by atoms with Gasteiger partial charge in [0.15, 0.2) is 0 Å². The van der Waals surface area contributed by atoms with Crippen molar-refractivity contribution in [1.82, 2.24) is 4.90 Å². The lowest BCUT2D eigenvalue weighted by molar-refractivity contribution is -0.384. The molecule has 10 nitrogen and oxygen atoms in total. The number of non-ortho nitro benzene ring substituents is 1. The van der Waals surface area contributed by atoms with Gasteiger partial charge in [0, 0.05) is 25.2 Å². The van der Waals surface area contributed by atoms with Crippen LogP contribution in [0.5, 0.6) is 0 Å². The van der Waals surface area contributed by atoms with Crippen LogP contribution in [0.25, 0.3) is 0 Å². The molecule has 2 rings (SSSR count). The van der Waals surface area contributed by atoms with Crippen molar-refractivity contribution >= 4 is 33.3 Å². The zero-order valence-corrected chi connectivity index (χ0v) is 18.3. The van der Waals surface area contributed by atoms with Crippen LogP contribution in [-0.4, -0.2) is 62.6 Å². The number of hydrogen-bond acceptors (Lipinski definition) is 7. The minimum Gasteiger partial charge on any atom is -0.469 e. The summed E-state index contributed by atoms with van der Waals surface area (Å²) in [6.07, 6.45) is 2.03. The number of nitro benzene ring substituents is 1. The van der Waals surface area contributed by atoms with E-state index in [9.17, 15) is 28.1 Å². The first-order chi connectivity index (χ1) is 14.0. The van der Waals surface area contributed by atoms with Crippen LogP contribution in [0.3, 0.4) is 0 Å². The van der Waals surface area contributed by atoms with E-state index >= 15 is 0 Å². The first-order valence-electron chi connectivity index (χ1n) is 9.62. The Bertz CT molecular complexity index is 924. The maximum Gasteiger partial charge on any atom is 0.308 e. The number of methoxy groups -OCH3 is 1. The number of rotatable bonds is 7. The van der Waals surface area contributed by atoms with E-state index < -0.39 is 26.9 Å². The minimum atomic E-state index is -3.92. The lowest BCUT2D eigenvalue weighted by Gasteiger charge is -2.37. The van der Waals surface area contributed by atoms with E-state index in [2.05, 4.69) is 0 Å². The van der Waals surface area contributed by atoms with E-state index in [-0.39, 0.29) is 29.7 Å². The fourth-order valence-electron chi connectivity index (χ4n) is 3.68. The van der Waals surface area contributed by atoms with Gasteiger partial charge in [-0.15, -0.1) is 0 Å². The number of carbonyl (C=O) groups is 2. The summed E-state index contributed by atoms with van der Waals surface area (Å²) in [5.41, 5.74) is 0.350. The topological polar surface area (TPSA) is 127 Å². The Labute approximate surface area is 176 Å². The number of nitro groups is 1. The smallest absolute Gasteiger partial charge is 0.308 e. The highest BCUT2D eigenvalue weighted by Crippen LogP contribution is 2.31. The van der Waals surface area contributed by atoms with Crippen molar-refractivity contribution in [3.05, 3.63) is 33.9 Å². The second-order valence-electron chi connectivity index (χ2n) is 7.33. The molecule has 0 bridgehead atoms. The molecule has 0 saturated carbocycles. The van der Waals surface area contributed by atoms with Gasteiger partial charge in [0.1, 0.15) is 6.04 Å². The van der Waals surface area contributed by atoms with Crippen molar-refractivity contribution in [2.24, 2.45) is 5.92 Å². The van der Waals surface area contributed by atoms with Crippen LogP contribution in [0.1, 0.15) is 31.7 Å². The van der Waals surface area contributed by atoms with Crippen LogP contribution in [0.15, 0.2) is 18.2 Å². The Morgan fingerprint density at radius 1 is 1.33 bits per heavy atom. The predicted octanol–water partition coefficient (Wildman–Crippen LogP) is 1.86. The summed E-state index contributed by atoms with van der Waals surface area (Å²) in [4.78, 5) is 37.1. The molecule has 1 heterocycles. The van der Waals surface area contributed by atoms with Gasteiger partial charge in [0.2, 0.25) is 15.9 Å². The molecular formula is C19H27N3O7S. The highest BCUT2D eigenvalue weighted by atomic mass is 32.2. The molecule has 1 atom stereocenters. The van der Waals surface area contributed by atoms with Crippen LogP contribution in [-0.2, 0) is 24.3 Å². The van der Waals surface area contributed by atoms with Crippen LogP contribution in [0.2, 0.25) is 0 Å². The van der Waals surface area contributed by atoms with E-state index in [0.29, 0.717) is 31.5 Å². The maximum absolute atomic E-state index is 13.2. The number of esters is 1. The highest BCUT2D eigenvalue weighted by Gasteiger charge is 2.37. The van der Waals surface area contributed by atoms with Gasteiger partial charge in [0.05, 0.1) is 29.9 Å². The monoisotopic (exact) mass is 441 g/mol. The second-order valence-corrected chi connectivity index (χ2v) is 9.19. The van der Waals surface area contributed by atoms with E-state index in [1.807, 2.05) is 0 Å². The SMILES string of the molecule is CC[C@H](C(=O)N1CCC(C(=O)OC)CC1)N(c1cc([N+](=O)[O-])ccc1C)S(C)(=O)=O. The molecule has 1 saturated heterocycles. The predicted molar refractivity (Wildman–Crippen MR) is 111 cm³/mol. The number of likely N-dealkylation sites (tertiary alicyclic amines) is 1. The second kappa shape index (κ2) is 9.41. The number of ether oxygens (including phenoxy) is 1. The van der Waals surface area contributed by atoms with E-state index in [4.69, 9.17) is 4.74 Å². The molecule has 1 amide bonds. The molecule has 11 heteroatoms. The summed E-state index contributed by atoms with van der Waals surface area (Å²) >= 11 is 0. The summed E-state index contributed by atoms with van der Waals surface area (Å²) in [7, 11) is -2.60. The number of piperidine rings is 1. The minimum absolute atomic E-state index is 0.108. The molecular weight excluding hydrogens is 414 g/mol. The maximum atomic E-state index is 13.2. The Morgan fingerprint density at radius 3 is 2.40 bits per heavy atom. The summed E-state index contributed by atoms with van der Waals surface area (Å²) in [6.45, 7) is 3.94. The average molecular weight is 442 g/mol. The van der Waals surface area contributed by atoms with E-state index in [1.165, 1.54) is 25.3 Å². The van der Waals surface area contributed by atoms with Crippen LogP contribution >= 0.6 is 0 Å². The van der Waals surface area contributed by atoms with Crippen molar-refractivity contribution in [3.63, 3.8) is 0 Å². The van der Waals surface area contributed by atoms with Crippen LogP contribution < -0.4 is 4.31 Å². The number of sulfonamides is 1. The third kappa shape index (κ3) is 5.07. The molecule has 30 heavy (non-hydrogen) atoms. The van der Waals surface area contributed by atoms with Crippen molar-refractivity contribution in [1.29, 1.82) is 0 Å². The van der Waals surface area contributed by atoms with Crippen molar-refractivity contribution in [3.8, 4) is 0 Å². The van der Waals surface area contributed by atoms with Gasteiger partial charge in [-0.25, -0.2) is 8.42 Å². The Hall–Kier alpha value is -2.69. The first-order valence-corrected chi connectivity index (χ1v) is 11.5. The normalized spacial score (nSPS) is 16.1. The third-order valence-electron chi connectivity index (χ3n) is 5.29. The molecule has 0 aliphatic carbocycles. The molecule has 0 spiro atoms. The average Bonchev–Trinajstić information content (AvgIpc) is 2.70. The van der Waals surface area contributed by atoms with Gasteiger partial charge in [-0.3, -0.25) is 24.0 Å². The number of nitrogens with zero attached hydrogens (tertiary/aromatic N) is 3. The molecule has 1 fully saturated rings. The zero-order valence-electron chi connectivity index (χ0n) is 17.5. The standard InChI is InChI=1S/C19H27N3O7S/c1-5-16(18(23)20-10-8-14(9-11-20)19(24)29-3)21(30(4,27)28)17-12-15(22(25)26)7-6-13(17)2/h6-7,12,14,16H,5,8-11H2,1-4H3/t16-/m1/s1. The summed E-state index contributed by atoms with van der Waals surface area (Å²) in [5, 5.41) is 11.2. The van der Waals surface area contributed by atoms with Gasteiger partial charge in [-0.2, -0.15) is 0 Å². The van der Waals surface area contributed by atoms with Crippen molar-refractivity contribution in [2.75, 3.05) is 30.8 Å². The molecule has 1 aliphatic rings. The van der Waals surface area contributed by atoms with Crippen LogP contribution in [0.4, 0.5) is 11.4 Å². The molecule has 0 radical (unpaired) electrons. The fourth-order valence-corrected chi connectivity index (χ4v) is 4.94. The van der Waals surface area contributed by atoms with Gasteiger partial charge >= 0.3 is 5.97 Å². The lowest BCUT2D eigenvalue weighted by Crippen LogP contribution is -2.53. The summed E-state index contributed by atoms with van der Waals surface area (Å²) in [5.74, 6) is -1.000. The molecule has 1 aromatic rings. The Morgan fingerprint density at radius 2 is 1.93 bits per heavy atom. The first kappa shape index (κ1) is 23.6. The number of anilines is 1. The molecule has 0 aromatic heterocycles. The largest absolute Gasteiger partial charge is 0.469 e. The summed E-state index contributed by atoms with van der Waals surface area (Å²) < 4.78 is 31.0.